The van der Waals surface area contributed by atoms with Crippen molar-refractivity contribution < 1.29 is 14.0 Å². The fourth-order valence-corrected chi connectivity index (χ4v) is 4.35. The topological polar surface area (TPSA) is 94.4 Å². The van der Waals surface area contributed by atoms with Gasteiger partial charge in [0.05, 0.1) is 11.7 Å². The third kappa shape index (κ3) is 3.43. The standard InChI is InChI=1S/C20H20N4O3S/c1-13-7-8-18(27-13)17-12-28-10-9-23(17)20(26)15-11-16(19(21)25)24(22-15)14-5-3-2-4-6-14/h2-8,11,17H,9-10,12H2,1H3,(H2,21,25)/t17-/m0/s1. The van der Waals surface area contributed by atoms with Gasteiger partial charge in [0.2, 0.25) is 0 Å². The van der Waals surface area contributed by atoms with Crippen LogP contribution in [-0.4, -0.2) is 44.5 Å². The summed E-state index contributed by atoms with van der Waals surface area (Å²) in [4.78, 5) is 26.9. The highest BCUT2D eigenvalue weighted by molar-refractivity contribution is 7.99. The Bertz CT molecular complexity index is 1010. The van der Waals surface area contributed by atoms with Crippen LogP contribution in [-0.2, 0) is 0 Å². The van der Waals surface area contributed by atoms with E-state index in [-0.39, 0.29) is 23.3 Å². The van der Waals surface area contributed by atoms with Crippen LogP contribution in [0, 0.1) is 6.92 Å². The second-order valence-electron chi connectivity index (χ2n) is 6.56. The average molecular weight is 396 g/mol. The predicted molar refractivity (Wildman–Crippen MR) is 107 cm³/mol. The lowest BCUT2D eigenvalue weighted by Gasteiger charge is -2.33. The zero-order valence-electron chi connectivity index (χ0n) is 15.4. The minimum Gasteiger partial charge on any atom is -0.464 e. The summed E-state index contributed by atoms with van der Waals surface area (Å²) in [5.74, 6) is 2.28. The fraction of sp³-hybridized carbons (Fsp3) is 0.250. The van der Waals surface area contributed by atoms with Crippen LogP contribution in [0.15, 0.2) is 52.9 Å². The Labute approximate surface area is 166 Å². The van der Waals surface area contributed by atoms with Crippen LogP contribution >= 0.6 is 11.8 Å². The number of hydrogen-bond donors (Lipinski definition) is 1. The number of nitrogens with zero attached hydrogens (tertiary/aromatic N) is 3. The first-order chi connectivity index (χ1) is 13.5. The largest absolute Gasteiger partial charge is 0.464 e. The number of aryl methyl sites for hydroxylation is 1. The number of rotatable bonds is 4. The molecule has 144 valence electrons. The second-order valence-corrected chi connectivity index (χ2v) is 7.71. The van der Waals surface area contributed by atoms with Gasteiger partial charge in [-0.15, -0.1) is 0 Å². The Morgan fingerprint density at radius 3 is 2.68 bits per heavy atom. The van der Waals surface area contributed by atoms with Crippen molar-refractivity contribution in [2.45, 2.75) is 13.0 Å². The van der Waals surface area contributed by atoms with Crippen LogP contribution in [0.2, 0.25) is 0 Å². The summed E-state index contributed by atoms with van der Waals surface area (Å²) < 4.78 is 7.19. The van der Waals surface area contributed by atoms with Gasteiger partial charge in [0.15, 0.2) is 5.69 Å². The minimum absolute atomic E-state index is 0.168. The van der Waals surface area contributed by atoms with Crippen molar-refractivity contribution in [2.24, 2.45) is 5.73 Å². The van der Waals surface area contributed by atoms with E-state index in [1.807, 2.05) is 37.3 Å². The molecule has 2 amide bonds. The molecular weight excluding hydrogens is 376 g/mol. The van der Waals surface area contributed by atoms with Crippen molar-refractivity contribution in [3.8, 4) is 5.69 Å². The molecule has 0 radical (unpaired) electrons. The van der Waals surface area contributed by atoms with Gasteiger partial charge in [-0.3, -0.25) is 9.59 Å². The molecule has 1 aliphatic rings. The number of nitrogens with two attached hydrogens (primary N) is 1. The SMILES string of the molecule is Cc1ccc([C@@H]2CSCCN2C(=O)c2cc(C(N)=O)n(-c3ccccc3)n2)o1. The number of benzene rings is 1. The predicted octanol–water partition coefficient (Wildman–Crippen LogP) is 2.80. The molecule has 2 aromatic heterocycles. The van der Waals surface area contributed by atoms with Crippen molar-refractivity contribution in [1.82, 2.24) is 14.7 Å². The van der Waals surface area contributed by atoms with Crippen LogP contribution < -0.4 is 5.73 Å². The molecule has 1 atom stereocenters. The van der Waals surface area contributed by atoms with E-state index in [0.29, 0.717) is 12.2 Å². The monoisotopic (exact) mass is 396 g/mol. The van der Waals surface area contributed by atoms with Crippen molar-refractivity contribution in [3.63, 3.8) is 0 Å². The van der Waals surface area contributed by atoms with Crippen molar-refractivity contribution in [2.75, 3.05) is 18.1 Å². The van der Waals surface area contributed by atoms with Crippen molar-refractivity contribution in [3.05, 3.63) is 71.4 Å². The molecule has 0 aliphatic carbocycles. The van der Waals surface area contributed by atoms with E-state index >= 15 is 0 Å². The molecule has 3 heterocycles. The van der Waals surface area contributed by atoms with Crippen LogP contribution in [0.5, 0.6) is 0 Å². The zero-order valence-corrected chi connectivity index (χ0v) is 16.2. The van der Waals surface area contributed by atoms with Crippen LogP contribution in [0.4, 0.5) is 0 Å². The summed E-state index contributed by atoms with van der Waals surface area (Å²) in [6, 6.07) is 14.2. The molecule has 1 saturated heterocycles. The number of carbonyl (C=O) groups is 2. The van der Waals surface area contributed by atoms with E-state index in [1.54, 1.807) is 28.8 Å². The number of para-hydroxylation sites is 1. The first-order valence-electron chi connectivity index (χ1n) is 8.95. The van der Waals surface area contributed by atoms with Crippen LogP contribution in [0.1, 0.15) is 38.5 Å². The molecule has 8 heteroatoms. The van der Waals surface area contributed by atoms with Gasteiger partial charge in [-0.05, 0) is 31.2 Å². The third-order valence-corrected chi connectivity index (χ3v) is 5.68. The highest BCUT2D eigenvalue weighted by atomic mass is 32.2. The molecule has 0 unspecified atom stereocenters. The molecule has 0 spiro atoms. The van der Waals surface area contributed by atoms with Gasteiger partial charge in [-0.2, -0.15) is 16.9 Å². The lowest BCUT2D eigenvalue weighted by Crippen LogP contribution is -2.40. The number of hydrogen-bond acceptors (Lipinski definition) is 5. The lowest BCUT2D eigenvalue weighted by molar-refractivity contribution is 0.0674. The van der Waals surface area contributed by atoms with E-state index in [1.165, 1.54) is 10.7 Å². The molecule has 28 heavy (non-hydrogen) atoms. The number of aromatic nitrogens is 2. The van der Waals surface area contributed by atoms with E-state index in [0.717, 1.165) is 23.0 Å². The van der Waals surface area contributed by atoms with Gasteiger partial charge in [0, 0.05) is 24.1 Å². The molecular formula is C20H20N4O3S. The third-order valence-electron chi connectivity index (χ3n) is 4.66. The summed E-state index contributed by atoms with van der Waals surface area (Å²) in [7, 11) is 0. The summed E-state index contributed by atoms with van der Waals surface area (Å²) in [5.41, 5.74) is 6.56. The lowest BCUT2D eigenvalue weighted by atomic mass is 10.2. The van der Waals surface area contributed by atoms with E-state index in [4.69, 9.17) is 10.2 Å². The maximum atomic E-state index is 13.3. The molecule has 1 aliphatic heterocycles. The molecule has 0 bridgehead atoms. The van der Waals surface area contributed by atoms with Gasteiger partial charge < -0.3 is 15.1 Å². The van der Waals surface area contributed by atoms with E-state index in [2.05, 4.69) is 5.10 Å². The number of thioether (sulfide) groups is 1. The van der Waals surface area contributed by atoms with Gasteiger partial charge >= 0.3 is 0 Å². The molecule has 7 nitrogen and oxygen atoms in total. The first-order valence-corrected chi connectivity index (χ1v) is 10.1. The van der Waals surface area contributed by atoms with Crippen molar-refractivity contribution >= 4 is 23.6 Å². The smallest absolute Gasteiger partial charge is 0.275 e. The maximum absolute atomic E-state index is 13.3. The van der Waals surface area contributed by atoms with Gasteiger partial charge in [0.1, 0.15) is 17.2 Å². The van der Waals surface area contributed by atoms with E-state index < -0.39 is 5.91 Å². The van der Waals surface area contributed by atoms with Crippen LogP contribution in [0.3, 0.4) is 0 Å². The Balaban J connectivity index is 1.70. The van der Waals surface area contributed by atoms with Gasteiger partial charge in [0.25, 0.3) is 11.8 Å². The van der Waals surface area contributed by atoms with Crippen LogP contribution in [0.25, 0.3) is 5.69 Å². The Morgan fingerprint density at radius 2 is 2.00 bits per heavy atom. The Hall–Kier alpha value is -3.00. The molecule has 2 N–H and O–H groups in total. The highest BCUT2D eigenvalue weighted by Gasteiger charge is 2.33. The molecule has 1 aromatic carbocycles. The molecule has 3 aromatic rings. The Kier molecular flexibility index (Phi) is 4.95. The molecule has 4 rings (SSSR count). The number of amides is 2. The van der Waals surface area contributed by atoms with Crippen molar-refractivity contribution in [1.29, 1.82) is 0 Å². The number of carbonyl (C=O) groups excluding carboxylic acids is 2. The Morgan fingerprint density at radius 1 is 1.21 bits per heavy atom. The second kappa shape index (κ2) is 7.55. The average Bonchev–Trinajstić information content (AvgIpc) is 3.35. The summed E-state index contributed by atoms with van der Waals surface area (Å²) in [5, 5.41) is 4.40. The zero-order chi connectivity index (χ0) is 19.7. The number of furan rings is 1. The normalized spacial score (nSPS) is 16.9. The summed E-state index contributed by atoms with van der Waals surface area (Å²) in [6.07, 6.45) is 0. The molecule has 0 saturated carbocycles. The first kappa shape index (κ1) is 18.4. The quantitative estimate of drug-likeness (QED) is 0.732. The number of primary amides is 1. The maximum Gasteiger partial charge on any atom is 0.275 e. The fourth-order valence-electron chi connectivity index (χ4n) is 3.29. The highest BCUT2D eigenvalue weighted by Crippen LogP contribution is 2.32. The molecule has 1 fully saturated rings. The minimum atomic E-state index is -0.636. The van der Waals surface area contributed by atoms with Gasteiger partial charge in [-0.1, -0.05) is 18.2 Å². The summed E-state index contributed by atoms with van der Waals surface area (Å²) >= 11 is 1.78. The summed E-state index contributed by atoms with van der Waals surface area (Å²) in [6.45, 7) is 2.46. The van der Waals surface area contributed by atoms with E-state index in [9.17, 15) is 9.59 Å². The van der Waals surface area contributed by atoms with Gasteiger partial charge in [-0.25, -0.2) is 4.68 Å².